The van der Waals surface area contributed by atoms with Crippen LogP contribution in [0.1, 0.15) is 33.1 Å². The number of allylic oxidation sites excluding steroid dienone is 1. The van der Waals surface area contributed by atoms with Crippen molar-refractivity contribution >= 4 is 0 Å². The number of hydrogen-bond acceptors (Lipinski definition) is 1. The van der Waals surface area contributed by atoms with Gasteiger partial charge in [-0.3, -0.25) is 0 Å². The Labute approximate surface area is 69.1 Å². The van der Waals surface area contributed by atoms with Crippen molar-refractivity contribution in [2.24, 2.45) is 11.8 Å². The first-order valence-electron chi connectivity index (χ1n) is 4.53. The van der Waals surface area contributed by atoms with E-state index in [-0.39, 0.29) is 0 Å². The molecule has 2 atom stereocenters. The topological polar surface area (TPSA) is 20.2 Å². The summed E-state index contributed by atoms with van der Waals surface area (Å²) in [6.45, 7) is 4.69. The lowest BCUT2D eigenvalue weighted by molar-refractivity contribution is 0.250. The van der Waals surface area contributed by atoms with Gasteiger partial charge in [0.1, 0.15) is 0 Å². The van der Waals surface area contributed by atoms with Crippen LogP contribution in [0.3, 0.4) is 0 Å². The van der Waals surface area contributed by atoms with Crippen molar-refractivity contribution in [3.63, 3.8) is 0 Å². The van der Waals surface area contributed by atoms with E-state index in [1.54, 1.807) is 0 Å². The molecule has 1 heteroatoms. The summed E-state index contributed by atoms with van der Waals surface area (Å²) in [5, 5.41) is 8.91. The third kappa shape index (κ3) is 2.33. The van der Waals surface area contributed by atoms with Crippen LogP contribution in [0.15, 0.2) is 11.6 Å². The molecule has 64 valence electrons. The normalized spacial score (nSPS) is 27.9. The van der Waals surface area contributed by atoms with E-state index in [1.807, 2.05) is 0 Å². The van der Waals surface area contributed by atoms with Crippen molar-refractivity contribution in [3.05, 3.63) is 11.6 Å². The largest absolute Gasteiger partial charge is 0.396 e. The smallest absolute Gasteiger partial charge is 0.0493 e. The number of aliphatic hydroxyl groups excluding tert-OH is 1. The number of aliphatic hydroxyl groups is 1. The Morgan fingerprint density at radius 1 is 1.73 bits per heavy atom. The summed E-state index contributed by atoms with van der Waals surface area (Å²) in [6.07, 6.45) is 6.02. The van der Waals surface area contributed by atoms with Crippen molar-refractivity contribution in [2.45, 2.75) is 33.1 Å². The van der Waals surface area contributed by atoms with Crippen LogP contribution >= 0.6 is 0 Å². The highest BCUT2D eigenvalue weighted by Crippen LogP contribution is 2.27. The van der Waals surface area contributed by atoms with E-state index in [0.29, 0.717) is 12.5 Å². The zero-order valence-corrected chi connectivity index (χ0v) is 7.51. The summed E-state index contributed by atoms with van der Waals surface area (Å²) >= 11 is 0. The molecule has 0 fully saturated rings. The molecule has 11 heavy (non-hydrogen) atoms. The summed E-state index contributed by atoms with van der Waals surface area (Å²) in [6, 6.07) is 0. The first-order chi connectivity index (χ1) is 5.24. The molecule has 1 aliphatic rings. The van der Waals surface area contributed by atoms with Crippen LogP contribution in [-0.2, 0) is 0 Å². The Morgan fingerprint density at radius 2 is 2.45 bits per heavy atom. The molecule has 1 aliphatic carbocycles. The maximum Gasteiger partial charge on any atom is 0.0493 e. The molecule has 0 amide bonds. The summed E-state index contributed by atoms with van der Waals surface area (Å²) in [4.78, 5) is 0. The second kappa shape index (κ2) is 3.91. The summed E-state index contributed by atoms with van der Waals surface area (Å²) in [5.74, 6) is 1.24. The fourth-order valence-electron chi connectivity index (χ4n) is 1.55. The van der Waals surface area contributed by atoms with Gasteiger partial charge in [-0.15, -0.1) is 0 Å². The Morgan fingerprint density at radius 3 is 2.91 bits per heavy atom. The zero-order valence-electron chi connectivity index (χ0n) is 7.51. The second-order valence-corrected chi connectivity index (χ2v) is 3.74. The van der Waals surface area contributed by atoms with Crippen molar-refractivity contribution in [2.75, 3.05) is 6.61 Å². The molecule has 0 spiro atoms. The van der Waals surface area contributed by atoms with Crippen molar-refractivity contribution in [1.82, 2.24) is 0 Å². The SMILES string of the molecule is C[C@H]1CC=C([C@@H](C)CO)CC1. The van der Waals surface area contributed by atoms with E-state index in [2.05, 4.69) is 19.9 Å². The first-order valence-corrected chi connectivity index (χ1v) is 4.53. The monoisotopic (exact) mass is 154 g/mol. The molecule has 1 N–H and O–H groups in total. The van der Waals surface area contributed by atoms with Crippen LogP contribution in [0.25, 0.3) is 0 Å². The maximum atomic E-state index is 8.91. The lowest BCUT2D eigenvalue weighted by atomic mass is 9.86. The van der Waals surface area contributed by atoms with Crippen LogP contribution < -0.4 is 0 Å². The van der Waals surface area contributed by atoms with Gasteiger partial charge in [0.25, 0.3) is 0 Å². The van der Waals surface area contributed by atoms with Gasteiger partial charge in [0.05, 0.1) is 0 Å². The van der Waals surface area contributed by atoms with E-state index in [9.17, 15) is 0 Å². The Hall–Kier alpha value is -0.300. The standard InChI is InChI=1S/C10H18O/c1-8-3-5-10(6-4-8)9(2)7-11/h5,8-9,11H,3-4,6-7H2,1-2H3/t8-,9-/m0/s1. The van der Waals surface area contributed by atoms with Gasteiger partial charge in [-0.2, -0.15) is 0 Å². The predicted molar refractivity (Wildman–Crippen MR) is 47.3 cm³/mol. The number of rotatable bonds is 2. The molecule has 0 bridgehead atoms. The van der Waals surface area contributed by atoms with E-state index >= 15 is 0 Å². The summed E-state index contributed by atoms with van der Waals surface area (Å²) in [5.41, 5.74) is 1.46. The van der Waals surface area contributed by atoms with Gasteiger partial charge in [-0.05, 0) is 25.2 Å². The average Bonchev–Trinajstić information content (AvgIpc) is 2.05. The second-order valence-electron chi connectivity index (χ2n) is 3.74. The van der Waals surface area contributed by atoms with Crippen molar-refractivity contribution < 1.29 is 5.11 Å². The third-order valence-corrected chi connectivity index (χ3v) is 2.62. The van der Waals surface area contributed by atoms with Crippen molar-refractivity contribution in [3.8, 4) is 0 Å². The van der Waals surface area contributed by atoms with Gasteiger partial charge < -0.3 is 5.11 Å². The molecule has 1 nitrogen and oxygen atoms in total. The minimum Gasteiger partial charge on any atom is -0.396 e. The molecule has 0 saturated carbocycles. The minimum atomic E-state index is 0.306. The van der Waals surface area contributed by atoms with Crippen LogP contribution in [-0.4, -0.2) is 11.7 Å². The lowest BCUT2D eigenvalue weighted by Gasteiger charge is -2.21. The Balaban J connectivity index is 2.47. The minimum absolute atomic E-state index is 0.306. The van der Waals surface area contributed by atoms with Crippen LogP contribution in [0.5, 0.6) is 0 Å². The van der Waals surface area contributed by atoms with E-state index in [0.717, 1.165) is 5.92 Å². The quantitative estimate of drug-likeness (QED) is 0.605. The fourth-order valence-corrected chi connectivity index (χ4v) is 1.55. The van der Waals surface area contributed by atoms with Gasteiger partial charge in [0.15, 0.2) is 0 Å². The Kier molecular flexibility index (Phi) is 3.13. The molecule has 0 aromatic heterocycles. The molecule has 1 rings (SSSR count). The predicted octanol–water partition coefficient (Wildman–Crippen LogP) is 2.36. The zero-order chi connectivity index (χ0) is 8.27. The molecule has 0 saturated heterocycles. The molecule has 0 aromatic carbocycles. The van der Waals surface area contributed by atoms with Gasteiger partial charge in [0, 0.05) is 12.5 Å². The molecular weight excluding hydrogens is 136 g/mol. The number of hydrogen-bond donors (Lipinski definition) is 1. The molecule has 0 radical (unpaired) electrons. The highest BCUT2D eigenvalue weighted by molar-refractivity contribution is 5.09. The van der Waals surface area contributed by atoms with E-state index < -0.39 is 0 Å². The highest BCUT2D eigenvalue weighted by atomic mass is 16.3. The summed E-state index contributed by atoms with van der Waals surface area (Å²) < 4.78 is 0. The maximum absolute atomic E-state index is 8.91. The molecule has 0 aromatic rings. The van der Waals surface area contributed by atoms with Crippen LogP contribution in [0.4, 0.5) is 0 Å². The fraction of sp³-hybridized carbons (Fsp3) is 0.800. The molecule has 0 aliphatic heterocycles. The molecular formula is C10H18O. The van der Waals surface area contributed by atoms with Crippen LogP contribution in [0.2, 0.25) is 0 Å². The van der Waals surface area contributed by atoms with Gasteiger partial charge in [-0.1, -0.05) is 25.5 Å². The lowest BCUT2D eigenvalue weighted by Crippen LogP contribution is -2.10. The third-order valence-electron chi connectivity index (χ3n) is 2.62. The molecule has 0 unspecified atom stereocenters. The average molecular weight is 154 g/mol. The van der Waals surface area contributed by atoms with E-state index in [4.69, 9.17) is 5.11 Å². The first kappa shape index (κ1) is 8.79. The van der Waals surface area contributed by atoms with Crippen LogP contribution in [0, 0.1) is 11.8 Å². The van der Waals surface area contributed by atoms with Gasteiger partial charge in [0.2, 0.25) is 0 Å². The van der Waals surface area contributed by atoms with Crippen molar-refractivity contribution in [1.29, 1.82) is 0 Å². The Bertz CT molecular complexity index is 149. The van der Waals surface area contributed by atoms with E-state index in [1.165, 1.54) is 24.8 Å². The summed E-state index contributed by atoms with van der Waals surface area (Å²) in [7, 11) is 0. The van der Waals surface area contributed by atoms with Gasteiger partial charge in [-0.25, -0.2) is 0 Å². The van der Waals surface area contributed by atoms with Gasteiger partial charge >= 0.3 is 0 Å². The highest BCUT2D eigenvalue weighted by Gasteiger charge is 2.13. The molecule has 0 heterocycles.